The number of pyridine rings is 2. The molecule has 5 nitrogen and oxygen atoms in total. The molecule has 2 aromatic heterocycles. The summed E-state index contributed by atoms with van der Waals surface area (Å²) in [5.41, 5.74) is 8.78. The molecule has 19 heavy (non-hydrogen) atoms. The van der Waals surface area contributed by atoms with Gasteiger partial charge >= 0.3 is 0 Å². The first-order valence-corrected chi connectivity index (χ1v) is 6.02. The predicted octanol–water partition coefficient (Wildman–Crippen LogP) is 1.69. The van der Waals surface area contributed by atoms with Crippen LogP contribution in [0.25, 0.3) is 11.1 Å². The molecule has 0 saturated carbocycles. The van der Waals surface area contributed by atoms with Gasteiger partial charge in [0.2, 0.25) is 0 Å². The van der Waals surface area contributed by atoms with E-state index in [1.54, 1.807) is 12.4 Å². The maximum atomic E-state index is 9.21. The number of nitriles is 1. The lowest BCUT2D eigenvalue weighted by Gasteiger charge is -2.11. The van der Waals surface area contributed by atoms with Crippen LogP contribution in [0.15, 0.2) is 30.6 Å². The summed E-state index contributed by atoms with van der Waals surface area (Å²) in [4.78, 5) is 8.44. The van der Waals surface area contributed by atoms with Gasteiger partial charge in [0.25, 0.3) is 0 Å². The van der Waals surface area contributed by atoms with Gasteiger partial charge in [-0.15, -0.1) is 0 Å². The van der Waals surface area contributed by atoms with Crippen molar-refractivity contribution in [1.82, 2.24) is 9.97 Å². The number of aryl methyl sites for hydroxylation is 1. The van der Waals surface area contributed by atoms with Gasteiger partial charge in [0, 0.05) is 36.7 Å². The first-order valence-electron chi connectivity index (χ1n) is 6.02. The van der Waals surface area contributed by atoms with Crippen molar-refractivity contribution in [1.29, 1.82) is 5.26 Å². The molecule has 0 atom stereocenters. The Balaban J connectivity index is 2.46. The van der Waals surface area contributed by atoms with E-state index in [9.17, 15) is 5.26 Å². The fourth-order valence-electron chi connectivity index (χ4n) is 1.84. The van der Waals surface area contributed by atoms with Gasteiger partial charge in [0.05, 0.1) is 5.56 Å². The van der Waals surface area contributed by atoms with E-state index in [0.717, 1.165) is 16.8 Å². The highest BCUT2D eigenvalue weighted by atomic mass is 15.0. The quantitative estimate of drug-likeness (QED) is 0.865. The van der Waals surface area contributed by atoms with Crippen LogP contribution in [0.2, 0.25) is 0 Å². The monoisotopic (exact) mass is 253 g/mol. The summed E-state index contributed by atoms with van der Waals surface area (Å²) in [5, 5.41) is 12.3. The second kappa shape index (κ2) is 5.94. The average Bonchev–Trinajstić information content (AvgIpc) is 2.46. The van der Waals surface area contributed by atoms with Crippen molar-refractivity contribution in [3.05, 3.63) is 41.9 Å². The van der Waals surface area contributed by atoms with Gasteiger partial charge in [0.15, 0.2) is 0 Å². The molecule has 0 aromatic carbocycles. The van der Waals surface area contributed by atoms with Crippen LogP contribution in [0.1, 0.15) is 11.3 Å². The van der Waals surface area contributed by atoms with E-state index < -0.39 is 0 Å². The van der Waals surface area contributed by atoms with Gasteiger partial charge in [-0.2, -0.15) is 5.26 Å². The maximum absolute atomic E-state index is 9.21. The first kappa shape index (κ1) is 13.0. The zero-order valence-electron chi connectivity index (χ0n) is 10.7. The third-order valence-electron chi connectivity index (χ3n) is 2.76. The Hall–Kier alpha value is -2.45. The maximum Gasteiger partial charge on any atom is 0.144 e. The molecule has 0 radical (unpaired) electrons. The molecule has 0 saturated heterocycles. The lowest BCUT2D eigenvalue weighted by Crippen LogP contribution is -2.15. The van der Waals surface area contributed by atoms with Crippen LogP contribution in [0.5, 0.6) is 0 Å². The van der Waals surface area contributed by atoms with Crippen LogP contribution in [-0.4, -0.2) is 23.1 Å². The number of nitrogens with two attached hydrogens (primary N) is 1. The van der Waals surface area contributed by atoms with Crippen LogP contribution < -0.4 is 11.1 Å². The number of nitrogens with zero attached hydrogens (tertiary/aromatic N) is 3. The van der Waals surface area contributed by atoms with E-state index >= 15 is 0 Å². The molecule has 0 unspecified atom stereocenters. The number of rotatable bonds is 4. The van der Waals surface area contributed by atoms with Crippen molar-refractivity contribution in [3.63, 3.8) is 0 Å². The average molecular weight is 253 g/mol. The molecule has 2 heterocycles. The van der Waals surface area contributed by atoms with E-state index in [-0.39, 0.29) is 0 Å². The SMILES string of the molecule is Cc1nc(NCCN)c(C#N)cc1-c1ccncc1. The third kappa shape index (κ3) is 2.87. The van der Waals surface area contributed by atoms with Gasteiger partial charge < -0.3 is 11.1 Å². The summed E-state index contributed by atoms with van der Waals surface area (Å²) in [5.74, 6) is 0.586. The molecule has 96 valence electrons. The summed E-state index contributed by atoms with van der Waals surface area (Å²) < 4.78 is 0. The molecule has 0 amide bonds. The van der Waals surface area contributed by atoms with E-state index in [0.29, 0.717) is 24.5 Å². The number of hydrogen-bond donors (Lipinski definition) is 2. The van der Waals surface area contributed by atoms with Gasteiger partial charge in [-0.1, -0.05) is 0 Å². The minimum atomic E-state index is 0.498. The van der Waals surface area contributed by atoms with E-state index in [4.69, 9.17) is 5.73 Å². The second-order valence-corrected chi connectivity index (χ2v) is 4.08. The highest BCUT2D eigenvalue weighted by molar-refractivity contribution is 5.70. The van der Waals surface area contributed by atoms with Gasteiger partial charge in [0.1, 0.15) is 11.9 Å². The molecule has 0 aliphatic heterocycles. The Morgan fingerprint density at radius 2 is 2.11 bits per heavy atom. The van der Waals surface area contributed by atoms with Crippen molar-refractivity contribution in [2.24, 2.45) is 5.73 Å². The number of nitrogens with one attached hydrogen (secondary N) is 1. The normalized spacial score (nSPS) is 9.95. The lowest BCUT2D eigenvalue weighted by atomic mass is 10.0. The molecular formula is C14H15N5. The van der Waals surface area contributed by atoms with Crippen molar-refractivity contribution < 1.29 is 0 Å². The van der Waals surface area contributed by atoms with Crippen molar-refractivity contribution in [2.75, 3.05) is 18.4 Å². The van der Waals surface area contributed by atoms with Crippen molar-refractivity contribution in [2.45, 2.75) is 6.92 Å². The Bertz CT molecular complexity index is 601. The fourth-order valence-corrected chi connectivity index (χ4v) is 1.84. The van der Waals surface area contributed by atoms with Crippen molar-refractivity contribution >= 4 is 5.82 Å². The molecule has 0 bridgehead atoms. The molecule has 0 aliphatic carbocycles. The van der Waals surface area contributed by atoms with Crippen LogP contribution in [0.3, 0.4) is 0 Å². The first-order chi connectivity index (χ1) is 9.26. The van der Waals surface area contributed by atoms with E-state index in [1.165, 1.54) is 0 Å². The molecule has 5 heteroatoms. The molecule has 2 aromatic rings. The highest BCUT2D eigenvalue weighted by Crippen LogP contribution is 2.25. The Morgan fingerprint density at radius 1 is 1.37 bits per heavy atom. The van der Waals surface area contributed by atoms with E-state index in [1.807, 2.05) is 25.1 Å². The summed E-state index contributed by atoms with van der Waals surface area (Å²) >= 11 is 0. The highest BCUT2D eigenvalue weighted by Gasteiger charge is 2.10. The summed E-state index contributed by atoms with van der Waals surface area (Å²) in [6.45, 7) is 3.01. The number of aromatic nitrogens is 2. The molecule has 0 aliphatic rings. The smallest absolute Gasteiger partial charge is 0.144 e. The predicted molar refractivity (Wildman–Crippen MR) is 74.5 cm³/mol. The zero-order valence-corrected chi connectivity index (χ0v) is 10.7. The number of anilines is 1. The zero-order chi connectivity index (χ0) is 13.7. The summed E-state index contributed by atoms with van der Waals surface area (Å²) in [7, 11) is 0. The molecule has 0 fully saturated rings. The Labute approximate surface area is 112 Å². The van der Waals surface area contributed by atoms with Crippen LogP contribution >= 0.6 is 0 Å². The molecule has 2 rings (SSSR count). The minimum absolute atomic E-state index is 0.498. The summed E-state index contributed by atoms with van der Waals surface area (Å²) in [6.07, 6.45) is 3.45. The lowest BCUT2D eigenvalue weighted by molar-refractivity contribution is 1.00. The molecular weight excluding hydrogens is 238 g/mol. The molecule has 0 spiro atoms. The van der Waals surface area contributed by atoms with E-state index in [2.05, 4.69) is 21.4 Å². The van der Waals surface area contributed by atoms with Crippen LogP contribution in [-0.2, 0) is 0 Å². The van der Waals surface area contributed by atoms with Gasteiger partial charge in [-0.05, 0) is 30.7 Å². The van der Waals surface area contributed by atoms with Crippen LogP contribution in [0, 0.1) is 18.3 Å². The standard InChI is InChI=1S/C14H15N5/c1-10-13(11-2-5-17-6-3-11)8-12(9-16)14(19-10)18-7-4-15/h2-3,5-6,8H,4,7,15H2,1H3,(H,18,19). The number of hydrogen-bond acceptors (Lipinski definition) is 5. The van der Waals surface area contributed by atoms with Crippen LogP contribution in [0.4, 0.5) is 5.82 Å². The van der Waals surface area contributed by atoms with Crippen molar-refractivity contribution in [3.8, 4) is 17.2 Å². The Kier molecular flexibility index (Phi) is 4.06. The van der Waals surface area contributed by atoms with Gasteiger partial charge in [-0.25, -0.2) is 4.98 Å². The summed E-state index contributed by atoms with van der Waals surface area (Å²) in [6, 6.07) is 7.81. The fraction of sp³-hybridized carbons (Fsp3) is 0.214. The topological polar surface area (TPSA) is 87.6 Å². The molecule has 3 N–H and O–H groups in total. The third-order valence-corrected chi connectivity index (χ3v) is 2.76. The Morgan fingerprint density at radius 3 is 2.74 bits per heavy atom. The minimum Gasteiger partial charge on any atom is -0.368 e. The largest absolute Gasteiger partial charge is 0.368 e. The van der Waals surface area contributed by atoms with Gasteiger partial charge in [-0.3, -0.25) is 4.98 Å². The second-order valence-electron chi connectivity index (χ2n) is 4.08.